The van der Waals surface area contributed by atoms with E-state index in [0.717, 1.165) is 18.4 Å². The molecule has 0 aliphatic carbocycles. The summed E-state index contributed by atoms with van der Waals surface area (Å²) in [5.41, 5.74) is 0.932. The number of rotatable bonds is 5. The van der Waals surface area contributed by atoms with Crippen molar-refractivity contribution in [1.82, 2.24) is 4.90 Å². The van der Waals surface area contributed by atoms with Crippen molar-refractivity contribution in [1.29, 1.82) is 0 Å². The van der Waals surface area contributed by atoms with Crippen molar-refractivity contribution in [2.24, 2.45) is 5.92 Å². The molecule has 6 heteroatoms. The molecule has 2 aromatic rings. The highest BCUT2D eigenvalue weighted by atomic mass is 32.2. The molecule has 26 heavy (non-hydrogen) atoms. The predicted octanol–water partition coefficient (Wildman–Crippen LogP) is 3.51. The highest BCUT2D eigenvalue weighted by Gasteiger charge is 2.29. The minimum absolute atomic E-state index is 0.0550. The normalized spacial score (nSPS) is 17.7. The van der Waals surface area contributed by atoms with Crippen LogP contribution in [0, 0.1) is 5.92 Å². The van der Waals surface area contributed by atoms with E-state index in [1.165, 1.54) is 0 Å². The lowest BCUT2D eigenvalue weighted by molar-refractivity contribution is 0.0813. The van der Waals surface area contributed by atoms with E-state index in [2.05, 4.69) is 0 Å². The Morgan fingerprint density at radius 2 is 1.69 bits per heavy atom. The quantitative estimate of drug-likeness (QED) is 0.805. The minimum Gasteiger partial charge on any atom is -0.445 e. The molecular weight excluding hydrogens is 350 g/mol. The Bertz CT molecular complexity index is 821. The summed E-state index contributed by atoms with van der Waals surface area (Å²) in [4.78, 5) is 14.3. The number of hydrogen-bond acceptors (Lipinski definition) is 4. The molecule has 1 heterocycles. The van der Waals surface area contributed by atoms with Gasteiger partial charge < -0.3 is 9.64 Å². The lowest BCUT2D eigenvalue weighted by Gasteiger charge is -2.31. The van der Waals surface area contributed by atoms with Crippen LogP contribution in [0.25, 0.3) is 0 Å². The number of carbonyl (C=O) groups excluding carboxylic acids is 1. The van der Waals surface area contributed by atoms with Gasteiger partial charge in [-0.2, -0.15) is 0 Å². The molecule has 1 unspecified atom stereocenters. The fourth-order valence-corrected chi connectivity index (χ4v) is 4.87. The average Bonchev–Trinajstić information content (AvgIpc) is 2.67. The molecule has 0 radical (unpaired) electrons. The Morgan fingerprint density at radius 1 is 1.04 bits per heavy atom. The average molecular weight is 373 g/mol. The van der Waals surface area contributed by atoms with E-state index in [9.17, 15) is 13.2 Å². The first-order valence-electron chi connectivity index (χ1n) is 8.78. The molecule has 138 valence electrons. The molecule has 1 atom stereocenters. The van der Waals surface area contributed by atoms with Crippen molar-refractivity contribution < 1.29 is 17.9 Å². The fraction of sp³-hybridized carbons (Fsp3) is 0.350. The molecule has 1 aliphatic rings. The Balaban J connectivity index is 1.56. The first-order valence-corrected chi connectivity index (χ1v) is 10.4. The maximum Gasteiger partial charge on any atom is 0.410 e. The number of sulfone groups is 1. The van der Waals surface area contributed by atoms with Crippen LogP contribution in [0.2, 0.25) is 0 Å². The van der Waals surface area contributed by atoms with Gasteiger partial charge in [0.25, 0.3) is 0 Å². The van der Waals surface area contributed by atoms with Crippen molar-refractivity contribution in [2.45, 2.75) is 24.3 Å². The van der Waals surface area contributed by atoms with Crippen LogP contribution in [0.5, 0.6) is 0 Å². The summed E-state index contributed by atoms with van der Waals surface area (Å²) in [6.07, 6.45) is 1.21. The molecule has 0 N–H and O–H groups in total. The van der Waals surface area contributed by atoms with Crippen LogP contribution >= 0.6 is 0 Å². The van der Waals surface area contributed by atoms with Gasteiger partial charge in [0.2, 0.25) is 0 Å². The molecule has 1 saturated heterocycles. The molecule has 5 nitrogen and oxygen atoms in total. The number of benzene rings is 2. The lowest BCUT2D eigenvalue weighted by atomic mass is 10.0. The van der Waals surface area contributed by atoms with Crippen LogP contribution in [0.15, 0.2) is 65.6 Å². The molecule has 1 aliphatic heterocycles. The first-order chi connectivity index (χ1) is 12.5. The smallest absolute Gasteiger partial charge is 0.410 e. The minimum atomic E-state index is -3.34. The lowest BCUT2D eigenvalue weighted by Crippen LogP contribution is -2.42. The van der Waals surface area contributed by atoms with Crippen LogP contribution in [-0.4, -0.2) is 38.3 Å². The van der Waals surface area contributed by atoms with Crippen LogP contribution in [0.3, 0.4) is 0 Å². The maximum absolute atomic E-state index is 12.6. The molecule has 1 amide bonds. The zero-order valence-corrected chi connectivity index (χ0v) is 15.4. The zero-order valence-electron chi connectivity index (χ0n) is 14.6. The van der Waals surface area contributed by atoms with Crippen LogP contribution in [0.1, 0.15) is 18.4 Å². The second-order valence-electron chi connectivity index (χ2n) is 6.59. The number of hydrogen-bond donors (Lipinski definition) is 0. The van der Waals surface area contributed by atoms with Gasteiger partial charge in [0.05, 0.1) is 10.6 Å². The number of nitrogens with zero attached hydrogens (tertiary/aromatic N) is 1. The van der Waals surface area contributed by atoms with E-state index >= 15 is 0 Å². The number of carbonyl (C=O) groups is 1. The van der Waals surface area contributed by atoms with Gasteiger partial charge in [-0.05, 0) is 36.5 Å². The summed E-state index contributed by atoms with van der Waals surface area (Å²) in [7, 11) is -3.34. The van der Waals surface area contributed by atoms with Gasteiger partial charge in [0.15, 0.2) is 9.84 Å². The summed E-state index contributed by atoms with van der Waals surface area (Å²) in [6.45, 7) is 1.25. The molecule has 1 fully saturated rings. The van der Waals surface area contributed by atoms with Gasteiger partial charge >= 0.3 is 6.09 Å². The number of amides is 1. The second-order valence-corrected chi connectivity index (χ2v) is 8.62. The van der Waals surface area contributed by atoms with Crippen LogP contribution in [0.4, 0.5) is 4.79 Å². The molecule has 2 aromatic carbocycles. The van der Waals surface area contributed by atoms with Crippen molar-refractivity contribution >= 4 is 15.9 Å². The number of piperidine rings is 1. The number of likely N-dealkylation sites (tertiary alicyclic amines) is 1. The van der Waals surface area contributed by atoms with Gasteiger partial charge in [0.1, 0.15) is 6.61 Å². The topological polar surface area (TPSA) is 63.7 Å². The van der Waals surface area contributed by atoms with Gasteiger partial charge in [-0.15, -0.1) is 0 Å². The summed E-state index contributed by atoms with van der Waals surface area (Å²) < 4.78 is 30.5. The number of ether oxygens (including phenoxy) is 1. The highest BCUT2D eigenvalue weighted by Crippen LogP contribution is 2.22. The Hall–Kier alpha value is -2.34. The SMILES string of the molecule is O=C(OCc1ccccc1)N1CCCC(CS(=O)(=O)c2ccccc2)C1. The van der Waals surface area contributed by atoms with E-state index in [0.29, 0.717) is 18.0 Å². The van der Waals surface area contributed by atoms with Crippen LogP contribution < -0.4 is 0 Å². The summed E-state index contributed by atoms with van der Waals surface area (Å²) in [5, 5.41) is 0. The molecule has 0 aromatic heterocycles. The third-order valence-corrected chi connectivity index (χ3v) is 6.44. The van der Waals surface area contributed by atoms with E-state index < -0.39 is 9.84 Å². The third-order valence-electron chi connectivity index (χ3n) is 4.54. The Kier molecular flexibility index (Phi) is 5.93. The van der Waals surface area contributed by atoms with Crippen molar-refractivity contribution in [3.8, 4) is 0 Å². The van der Waals surface area contributed by atoms with Crippen molar-refractivity contribution in [2.75, 3.05) is 18.8 Å². The monoisotopic (exact) mass is 373 g/mol. The fourth-order valence-electron chi connectivity index (χ4n) is 3.21. The predicted molar refractivity (Wildman–Crippen MR) is 99.4 cm³/mol. The van der Waals surface area contributed by atoms with E-state index in [1.807, 2.05) is 30.3 Å². The van der Waals surface area contributed by atoms with Gasteiger partial charge in [-0.3, -0.25) is 0 Å². The highest BCUT2D eigenvalue weighted by molar-refractivity contribution is 7.91. The second kappa shape index (κ2) is 8.36. The maximum atomic E-state index is 12.6. The first kappa shape index (κ1) is 18.5. The Morgan fingerprint density at radius 3 is 2.38 bits per heavy atom. The van der Waals surface area contributed by atoms with Gasteiger partial charge in [-0.1, -0.05) is 48.5 Å². The van der Waals surface area contributed by atoms with Gasteiger partial charge in [0, 0.05) is 13.1 Å². The van der Waals surface area contributed by atoms with E-state index in [-0.39, 0.29) is 24.4 Å². The summed E-state index contributed by atoms with van der Waals surface area (Å²) >= 11 is 0. The molecular formula is C20H23NO4S. The molecule has 0 bridgehead atoms. The standard InChI is InChI=1S/C20H23NO4S/c22-20(25-15-17-8-3-1-4-9-17)21-13-7-10-18(14-21)16-26(23,24)19-11-5-2-6-12-19/h1-6,8-9,11-12,18H,7,10,13-16H2. The molecule has 0 spiro atoms. The molecule has 3 rings (SSSR count). The summed E-state index contributed by atoms with van der Waals surface area (Å²) in [5.74, 6) is -0.0160. The van der Waals surface area contributed by atoms with Crippen molar-refractivity contribution in [3.05, 3.63) is 66.2 Å². The molecule has 0 saturated carbocycles. The largest absolute Gasteiger partial charge is 0.445 e. The summed E-state index contributed by atoms with van der Waals surface area (Å²) in [6, 6.07) is 18.0. The zero-order chi connectivity index (χ0) is 18.4. The third kappa shape index (κ3) is 4.85. The Labute approximate surface area is 154 Å². The van der Waals surface area contributed by atoms with Crippen LogP contribution in [-0.2, 0) is 21.2 Å². The van der Waals surface area contributed by atoms with E-state index in [4.69, 9.17) is 4.74 Å². The van der Waals surface area contributed by atoms with Crippen molar-refractivity contribution in [3.63, 3.8) is 0 Å². The van der Waals surface area contributed by atoms with E-state index in [1.54, 1.807) is 35.2 Å². The van der Waals surface area contributed by atoms with Gasteiger partial charge in [-0.25, -0.2) is 13.2 Å².